The molecule has 0 aliphatic heterocycles. The quantitative estimate of drug-likeness (QED) is 0.268. The molecule has 1 unspecified atom stereocenters. The first-order valence-corrected chi connectivity index (χ1v) is 15.1. The molecule has 2 heterocycles. The lowest BCUT2D eigenvalue weighted by Gasteiger charge is -2.12. The summed E-state index contributed by atoms with van der Waals surface area (Å²) in [6.45, 7) is 0. The van der Waals surface area contributed by atoms with Crippen molar-refractivity contribution in [2.24, 2.45) is 0 Å². The zero-order valence-electron chi connectivity index (χ0n) is 21.1. The summed E-state index contributed by atoms with van der Waals surface area (Å²) in [5.74, 6) is -0.880. The molecule has 0 bridgehead atoms. The van der Waals surface area contributed by atoms with Gasteiger partial charge < -0.3 is 9.73 Å². The minimum absolute atomic E-state index is 0.0337. The molecule has 0 saturated heterocycles. The number of carbonyl (C=O) groups excluding carboxylic acids is 1. The highest BCUT2D eigenvalue weighted by Crippen LogP contribution is 2.38. The fraction of sp³-hybridized carbons (Fsp3) is 0.207. The summed E-state index contributed by atoms with van der Waals surface area (Å²) in [7, 11) is -3.92. The number of benzene rings is 3. The molecule has 1 amide bonds. The number of hydrogen-bond donors (Lipinski definition) is 1. The molecule has 40 heavy (non-hydrogen) atoms. The van der Waals surface area contributed by atoms with Gasteiger partial charge in [0, 0.05) is 0 Å². The number of rotatable bonds is 9. The van der Waals surface area contributed by atoms with Crippen molar-refractivity contribution in [3.05, 3.63) is 101 Å². The average Bonchev–Trinajstić information content (AvgIpc) is 3.37. The average molecular weight is 570 g/mol. The number of amides is 1. The van der Waals surface area contributed by atoms with Gasteiger partial charge in [-0.25, -0.2) is 13.4 Å². The van der Waals surface area contributed by atoms with Gasteiger partial charge in [-0.15, -0.1) is 21.5 Å². The van der Waals surface area contributed by atoms with Crippen LogP contribution in [0.5, 0.6) is 0 Å². The molecule has 5 aromatic rings. The van der Waals surface area contributed by atoms with Crippen LogP contribution in [-0.2, 0) is 26.8 Å². The molecule has 1 aliphatic carbocycles. The zero-order valence-corrected chi connectivity index (χ0v) is 22.8. The van der Waals surface area contributed by atoms with Crippen molar-refractivity contribution in [2.75, 3.05) is 0 Å². The molecule has 1 aliphatic rings. The maximum Gasteiger partial charge on any atom is 0.241 e. The van der Waals surface area contributed by atoms with Crippen LogP contribution in [0.25, 0.3) is 21.3 Å². The van der Waals surface area contributed by atoms with Crippen LogP contribution in [0.4, 0.5) is 0 Å². The Labute approximate surface area is 234 Å². The third-order valence-electron chi connectivity index (χ3n) is 6.67. The van der Waals surface area contributed by atoms with Crippen LogP contribution in [0.15, 0.2) is 83.3 Å². The Morgan fingerprint density at radius 3 is 2.45 bits per heavy atom. The lowest BCUT2D eigenvalue weighted by atomic mass is 10.1. The molecular weight excluding hydrogens is 546 g/mol. The van der Waals surface area contributed by atoms with Crippen LogP contribution in [0.1, 0.15) is 40.4 Å². The fourth-order valence-corrected chi connectivity index (χ4v) is 7.60. The predicted molar refractivity (Wildman–Crippen MR) is 150 cm³/mol. The Bertz CT molecular complexity index is 1840. The number of nitriles is 1. The first-order valence-electron chi connectivity index (χ1n) is 12.6. The van der Waals surface area contributed by atoms with E-state index in [4.69, 9.17) is 4.42 Å². The van der Waals surface area contributed by atoms with Crippen LogP contribution >= 0.6 is 11.3 Å². The van der Waals surface area contributed by atoms with E-state index < -0.39 is 26.5 Å². The number of nitrogens with zero attached hydrogens (tertiary/aromatic N) is 4. The summed E-state index contributed by atoms with van der Waals surface area (Å²) < 4.78 is 34.3. The van der Waals surface area contributed by atoms with Crippen LogP contribution in [0, 0.1) is 11.3 Å². The number of hydrogen-bond acceptors (Lipinski definition) is 9. The lowest BCUT2D eigenvalue weighted by molar-refractivity contribution is -0.121. The van der Waals surface area contributed by atoms with Gasteiger partial charge >= 0.3 is 0 Å². The number of thiazole rings is 1. The van der Waals surface area contributed by atoms with Crippen molar-refractivity contribution < 1.29 is 17.6 Å². The van der Waals surface area contributed by atoms with Gasteiger partial charge in [-0.2, -0.15) is 5.26 Å². The van der Waals surface area contributed by atoms with Gasteiger partial charge in [0.15, 0.2) is 15.1 Å². The van der Waals surface area contributed by atoms with E-state index in [-0.39, 0.29) is 24.0 Å². The maximum absolute atomic E-state index is 13.9. The molecule has 3 aromatic carbocycles. The third kappa shape index (κ3) is 5.36. The Morgan fingerprint density at radius 2 is 1.75 bits per heavy atom. The normalized spacial score (nSPS) is 14.9. The third-order valence-corrected chi connectivity index (χ3v) is 9.78. The van der Waals surface area contributed by atoms with Gasteiger partial charge in [0.25, 0.3) is 0 Å². The van der Waals surface area contributed by atoms with Crippen molar-refractivity contribution >= 4 is 37.3 Å². The first kappa shape index (κ1) is 25.9. The van der Waals surface area contributed by atoms with Crippen LogP contribution in [0.2, 0.25) is 0 Å². The fourth-order valence-electron chi connectivity index (χ4n) is 4.45. The number of sulfone groups is 1. The summed E-state index contributed by atoms with van der Waals surface area (Å²) in [6.07, 6.45) is 0.920. The van der Waals surface area contributed by atoms with Crippen molar-refractivity contribution in [1.82, 2.24) is 20.5 Å². The molecular formula is C29H23N5O4S2. The molecule has 0 radical (unpaired) electrons. The summed E-state index contributed by atoms with van der Waals surface area (Å²) in [6, 6.07) is 26.6. The topological polar surface area (TPSA) is 139 Å². The highest BCUT2D eigenvalue weighted by molar-refractivity contribution is 7.91. The molecule has 1 N–H and O–H groups in total. The summed E-state index contributed by atoms with van der Waals surface area (Å²) >= 11 is 1.26. The van der Waals surface area contributed by atoms with E-state index in [1.54, 1.807) is 24.3 Å². The Balaban J connectivity index is 1.35. The molecule has 11 heteroatoms. The van der Waals surface area contributed by atoms with E-state index in [0.717, 1.165) is 15.8 Å². The number of fused-ring (bicyclic) bond motifs is 1. The van der Waals surface area contributed by atoms with Gasteiger partial charge in [-0.05, 0) is 41.7 Å². The molecule has 1 fully saturated rings. The molecule has 1 saturated carbocycles. The zero-order chi connectivity index (χ0) is 27.7. The molecule has 2 aromatic heterocycles. The lowest BCUT2D eigenvalue weighted by Crippen LogP contribution is -2.36. The minimum Gasteiger partial charge on any atom is -0.423 e. The second kappa shape index (κ2) is 10.3. The second-order valence-electron chi connectivity index (χ2n) is 9.73. The van der Waals surface area contributed by atoms with E-state index in [1.165, 1.54) is 11.3 Å². The van der Waals surface area contributed by atoms with Crippen molar-refractivity contribution in [1.29, 1.82) is 5.26 Å². The summed E-state index contributed by atoms with van der Waals surface area (Å²) in [4.78, 5) is 17.1. The number of nitrogens with one attached hydrogen (secondary N) is 1. The molecule has 1 atom stereocenters. The standard InChI is InChI=1S/C29H23N5O4S2/c30-18-29(13-14-29)32-24(35)16-25-33-34-27(38-25)26(40(36,37)17-19-7-3-1-4-8-19)28-31-22-12-11-21(15-23(22)39-28)20-9-5-2-6-10-20/h1-12,15,26H,13-14,16-17H2,(H,32,35). The molecule has 9 nitrogen and oxygen atoms in total. The molecule has 200 valence electrons. The second-order valence-corrected chi connectivity index (χ2v) is 12.9. The molecule has 6 rings (SSSR count). The van der Waals surface area contributed by atoms with Crippen LogP contribution in [0.3, 0.4) is 0 Å². The largest absolute Gasteiger partial charge is 0.423 e. The van der Waals surface area contributed by atoms with Crippen LogP contribution in [-0.4, -0.2) is 35.0 Å². The highest BCUT2D eigenvalue weighted by atomic mass is 32.2. The predicted octanol–water partition coefficient (Wildman–Crippen LogP) is 4.77. The van der Waals surface area contributed by atoms with E-state index in [1.807, 2.05) is 54.6 Å². The Hall–Kier alpha value is -4.40. The van der Waals surface area contributed by atoms with Gasteiger partial charge in [0.2, 0.25) is 17.7 Å². The van der Waals surface area contributed by atoms with Gasteiger partial charge in [-0.1, -0.05) is 66.7 Å². The minimum atomic E-state index is -3.92. The monoisotopic (exact) mass is 569 g/mol. The van der Waals surface area contributed by atoms with Crippen molar-refractivity contribution in [3.8, 4) is 17.2 Å². The van der Waals surface area contributed by atoms with Crippen LogP contribution < -0.4 is 5.32 Å². The first-order chi connectivity index (χ1) is 19.3. The number of aromatic nitrogens is 3. The SMILES string of the molecule is N#CC1(NC(=O)Cc2nnc(C(c3nc4ccc(-c5ccccc5)cc4s3)S(=O)(=O)Cc3ccccc3)o2)CC1. The highest BCUT2D eigenvalue weighted by Gasteiger charge is 2.45. The van der Waals surface area contributed by atoms with E-state index in [9.17, 15) is 18.5 Å². The maximum atomic E-state index is 13.9. The number of carbonyl (C=O) groups is 1. The smallest absolute Gasteiger partial charge is 0.241 e. The summed E-state index contributed by atoms with van der Waals surface area (Å²) in [5, 5.41) is 18.9. The van der Waals surface area contributed by atoms with E-state index in [0.29, 0.717) is 28.9 Å². The Kier molecular flexibility index (Phi) is 6.65. The Morgan fingerprint density at radius 1 is 1.02 bits per heavy atom. The van der Waals surface area contributed by atoms with Gasteiger partial charge in [-0.3, -0.25) is 4.79 Å². The van der Waals surface area contributed by atoms with Crippen molar-refractivity contribution in [3.63, 3.8) is 0 Å². The van der Waals surface area contributed by atoms with Gasteiger partial charge in [0.05, 0.1) is 22.0 Å². The van der Waals surface area contributed by atoms with Gasteiger partial charge in [0.1, 0.15) is 17.0 Å². The van der Waals surface area contributed by atoms with Crippen molar-refractivity contribution in [2.45, 2.75) is 35.8 Å². The van der Waals surface area contributed by atoms with E-state index >= 15 is 0 Å². The summed E-state index contributed by atoms with van der Waals surface area (Å²) in [5.41, 5.74) is 2.47. The molecule has 0 spiro atoms. The van der Waals surface area contributed by atoms with E-state index in [2.05, 4.69) is 26.6 Å².